The number of benzene rings is 2. The summed E-state index contributed by atoms with van der Waals surface area (Å²) in [6.45, 7) is 3.91. The highest BCUT2D eigenvalue weighted by Crippen LogP contribution is 2.24. The summed E-state index contributed by atoms with van der Waals surface area (Å²) in [5.41, 5.74) is 2.11. The SMILES string of the molecule is COc1ccc(OC(C)c2nc(-c3ccc(C)cc3)no2)cc1. The minimum atomic E-state index is -0.338. The number of aryl methyl sites for hydroxylation is 1. The molecule has 0 N–H and O–H groups in total. The second-order valence-corrected chi connectivity index (χ2v) is 5.26. The van der Waals surface area contributed by atoms with E-state index in [1.54, 1.807) is 7.11 Å². The second kappa shape index (κ2) is 6.52. The van der Waals surface area contributed by atoms with Gasteiger partial charge in [-0.1, -0.05) is 35.0 Å². The van der Waals surface area contributed by atoms with Gasteiger partial charge in [-0.2, -0.15) is 4.98 Å². The summed E-state index contributed by atoms with van der Waals surface area (Å²) in [7, 11) is 1.63. The molecule has 1 atom stereocenters. The van der Waals surface area contributed by atoms with Gasteiger partial charge in [0.05, 0.1) is 7.11 Å². The Labute approximate surface area is 134 Å². The van der Waals surface area contributed by atoms with Crippen molar-refractivity contribution in [2.75, 3.05) is 7.11 Å². The molecule has 0 aliphatic heterocycles. The molecular weight excluding hydrogens is 292 g/mol. The van der Waals surface area contributed by atoms with Crippen molar-refractivity contribution in [2.24, 2.45) is 0 Å². The molecule has 5 heteroatoms. The number of methoxy groups -OCH3 is 1. The van der Waals surface area contributed by atoms with Gasteiger partial charge in [0.25, 0.3) is 5.89 Å². The van der Waals surface area contributed by atoms with Crippen molar-refractivity contribution in [3.63, 3.8) is 0 Å². The smallest absolute Gasteiger partial charge is 0.267 e. The third kappa shape index (κ3) is 3.51. The Morgan fingerprint density at radius 3 is 2.26 bits per heavy atom. The Balaban J connectivity index is 1.72. The molecule has 3 rings (SSSR count). The number of rotatable bonds is 5. The lowest BCUT2D eigenvalue weighted by Crippen LogP contribution is -2.03. The molecule has 0 spiro atoms. The molecule has 0 aliphatic carbocycles. The fourth-order valence-corrected chi connectivity index (χ4v) is 2.13. The summed E-state index contributed by atoms with van der Waals surface area (Å²) in [4.78, 5) is 4.41. The average molecular weight is 310 g/mol. The van der Waals surface area contributed by atoms with Crippen molar-refractivity contribution >= 4 is 0 Å². The minimum absolute atomic E-state index is 0.338. The van der Waals surface area contributed by atoms with Gasteiger partial charge in [-0.15, -0.1) is 0 Å². The Morgan fingerprint density at radius 2 is 1.61 bits per heavy atom. The lowest BCUT2D eigenvalue weighted by Gasteiger charge is -2.10. The molecular formula is C18H18N2O3. The summed E-state index contributed by atoms with van der Waals surface area (Å²) in [6, 6.07) is 15.3. The molecule has 0 saturated carbocycles. The van der Waals surface area contributed by atoms with E-state index >= 15 is 0 Å². The van der Waals surface area contributed by atoms with Crippen LogP contribution in [-0.4, -0.2) is 17.3 Å². The van der Waals surface area contributed by atoms with E-state index in [9.17, 15) is 0 Å². The van der Waals surface area contributed by atoms with Crippen molar-refractivity contribution in [3.05, 3.63) is 60.0 Å². The quantitative estimate of drug-likeness (QED) is 0.707. The van der Waals surface area contributed by atoms with Gasteiger partial charge in [-0.3, -0.25) is 0 Å². The number of hydrogen-bond donors (Lipinski definition) is 0. The molecule has 5 nitrogen and oxygen atoms in total. The van der Waals surface area contributed by atoms with Crippen LogP contribution in [0.5, 0.6) is 11.5 Å². The van der Waals surface area contributed by atoms with E-state index in [0.717, 1.165) is 11.3 Å². The monoisotopic (exact) mass is 310 g/mol. The molecule has 2 aromatic carbocycles. The Morgan fingerprint density at radius 1 is 0.957 bits per heavy atom. The maximum atomic E-state index is 5.82. The van der Waals surface area contributed by atoms with Crippen molar-refractivity contribution in [1.29, 1.82) is 0 Å². The average Bonchev–Trinajstić information content (AvgIpc) is 3.06. The molecule has 0 fully saturated rings. The van der Waals surface area contributed by atoms with Crippen LogP contribution in [0, 0.1) is 6.92 Å². The van der Waals surface area contributed by atoms with Gasteiger partial charge >= 0.3 is 0 Å². The number of ether oxygens (including phenoxy) is 2. The molecule has 0 bridgehead atoms. The van der Waals surface area contributed by atoms with E-state index in [2.05, 4.69) is 10.1 Å². The molecule has 1 unspecified atom stereocenters. The van der Waals surface area contributed by atoms with Crippen LogP contribution in [0.1, 0.15) is 24.5 Å². The van der Waals surface area contributed by atoms with Crippen LogP contribution in [0.4, 0.5) is 0 Å². The zero-order valence-corrected chi connectivity index (χ0v) is 13.3. The van der Waals surface area contributed by atoms with Gasteiger partial charge in [-0.25, -0.2) is 0 Å². The molecule has 3 aromatic rings. The Hall–Kier alpha value is -2.82. The van der Waals surface area contributed by atoms with Gasteiger partial charge in [0.1, 0.15) is 11.5 Å². The van der Waals surface area contributed by atoms with Crippen LogP contribution in [0.25, 0.3) is 11.4 Å². The largest absolute Gasteiger partial charge is 0.497 e. The summed E-state index contributed by atoms with van der Waals surface area (Å²) in [5, 5.41) is 4.02. The van der Waals surface area contributed by atoms with E-state index < -0.39 is 0 Å². The third-order valence-corrected chi connectivity index (χ3v) is 3.47. The van der Waals surface area contributed by atoms with Crippen LogP contribution in [0.15, 0.2) is 53.1 Å². The summed E-state index contributed by atoms with van der Waals surface area (Å²) in [5.74, 6) is 2.50. The lowest BCUT2D eigenvalue weighted by molar-refractivity contribution is 0.175. The van der Waals surface area contributed by atoms with Crippen LogP contribution >= 0.6 is 0 Å². The first-order chi connectivity index (χ1) is 11.2. The molecule has 0 amide bonds. The topological polar surface area (TPSA) is 57.4 Å². The second-order valence-electron chi connectivity index (χ2n) is 5.26. The highest BCUT2D eigenvalue weighted by molar-refractivity contribution is 5.54. The molecule has 0 saturated heterocycles. The Kier molecular flexibility index (Phi) is 4.28. The maximum absolute atomic E-state index is 5.82. The summed E-state index contributed by atoms with van der Waals surface area (Å²) >= 11 is 0. The fraction of sp³-hybridized carbons (Fsp3) is 0.222. The summed E-state index contributed by atoms with van der Waals surface area (Å²) in [6.07, 6.45) is -0.338. The zero-order chi connectivity index (χ0) is 16.2. The highest BCUT2D eigenvalue weighted by Gasteiger charge is 2.16. The first-order valence-corrected chi connectivity index (χ1v) is 7.37. The normalized spacial score (nSPS) is 12.0. The first kappa shape index (κ1) is 15.1. The Bertz CT molecular complexity index is 764. The van der Waals surface area contributed by atoms with Crippen LogP contribution < -0.4 is 9.47 Å². The van der Waals surface area contributed by atoms with Crippen molar-refractivity contribution in [1.82, 2.24) is 10.1 Å². The summed E-state index contributed by atoms with van der Waals surface area (Å²) < 4.78 is 16.3. The van der Waals surface area contributed by atoms with Crippen LogP contribution in [-0.2, 0) is 0 Å². The van der Waals surface area contributed by atoms with Crippen LogP contribution in [0.2, 0.25) is 0 Å². The van der Waals surface area contributed by atoms with Crippen molar-refractivity contribution in [2.45, 2.75) is 20.0 Å². The van der Waals surface area contributed by atoms with Crippen molar-refractivity contribution in [3.8, 4) is 22.9 Å². The van der Waals surface area contributed by atoms with E-state index in [-0.39, 0.29) is 6.10 Å². The van der Waals surface area contributed by atoms with Gasteiger partial charge in [0, 0.05) is 5.56 Å². The first-order valence-electron chi connectivity index (χ1n) is 7.37. The predicted molar refractivity (Wildman–Crippen MR) is 86.5 cm³/mol. The van der Waals surface area contributed by atoms with E-state index in [0.29, 0.717) is 17.5 Å². The van der Waals surface area contributed by atoms with E-state index in [4.69, 9.17) is 14.0 Å². The number of nitrogens with zero attached hydrogens (tertiary/aromatic N) is 2. The molecule has 1 aromatic heterocycles. The van der Waals surface area contributed by atoms with Gasteiger partial charge in [0.2, 0.25) is 5.82 Å². The fourth-order valence-electron chi connectivity index (χ4n) is 2.13. The third-order valence-electron chi connectivity index (χ3n) is 3.47. The minimum Gasteiger partial charge on any atom is -0.497 e. The van der Waals surface area contributed by atoms with E-state index in [1.165, 1.54) is 5.56 Å². The highest BCUT2D eigenvalue weighted by atomic mass is 16.5. The van der Waals surface area contributed by atoms with Crippen molar-refractivity contribution < 1.29 is 14.0 Å². The van der Waals surface area contributed by atoms with Gasteiger partial charge in [-0.05, 0) is 38.1 Å². The van der Waals surface area contributed by atoms with Crippen LogP contribution in [0.3, 0.4) is 0 Å². The molecule has 23 heavy (non-hydrogen) atoms. The molecule has 0 aliphatic rings. The number of aromatic nitrogens is 2. The molecule has 118 valence electrons. The van der Waals surface area contributed by atoms with Gasteiger partial charge in [0.15, 0.2) is 6.10 Å². The predicted octanol–water partition coefficient (Wildman–Crippen LogP) is 4.19. The lowest BCUT2D eigenvalue weighted by atomic mass is 10.1. The van der Waals surface area contributed by atoms with E-state index in [1.807, 2.05) is 62.4 Å². The number of hydrogen-bond acceptors (Lipinski definition) is 5. The zero-order valence-electron chi connectivity index (χ0n) is 13.3. The molecule has 1 heterocycles. The van der Waals surface area contributed by atoms with Gasteiger partial charge < -0.3 is 14.0 Å². The maximum Gasteiger partial charge on any atom is 0.267 e. The standard InChI is InChI=1S/C18H18N2O3/c1-12-4-6-14(7-5-12)17-19-18(23-20-17)13(2)22-16-10-8-15(21-3)9-11-16/h4-11,13H,1-3H3. The molecule has 0 radical (unpaired) electrons.